The van der Waals surface area contributed by atoms with Gasteiger partial charge in [-0.1, -0.05) is 58.6 Å². The Morgan fingerprint density at radius 3 is 2.42 bits per heavy atom. The van der Waals surface area contributed by atoms with Gasteiger partial charge in [0.1, 0.15) is 11.6 Å². The van der Waals surface area contributed by atoms with Crippen molar-refractivity contribution in [3.8, 4) is 0 Å². The van der Waals surface area contributed by atoms with Crippen LogP contribution in [0.3, 0.4) is 0 Å². The van der Waals surface area contributed by atoms with E-state index >= 15 is 0 Å². The molecule has 1 aliphatic carbocycles. The minimum Gasteiger partial charge on any atom is -0.300 e. The minimum atomic E-state index is -0.0677. The summed E-state index contributed by atoms with van der Waals surface area (Å²) >= 11 is 0. The smallest absolute Gasteiger partial charge is 0.163 e. The van der Waals surface area contributed by atoms with E-state index in [0.717, 1.165) is 49.7 Å². The average molecular weight is 427 g/mol. The van der Waals surface area contributed by atoms with Crippen LogP contribution in [0, 0.1) is 24.7 Å². The normalized spacial score (nSPS) is 17.8. The standard InChI is InChI=1S/C28H42O3/c1-6-9-10-12-22-14-13-19(4)28-25(22)17-21(18-27(28)31)16-23(11-7-2)24(8-3)26(30)15-20(5)29/h13-14,21,23-24H,6-12,15-18H2,1-5H3. The van der Waals surface area contributed by atoms with E-state index in [4.69, 9.17) is 0 Å². The number of ketones is 3. The lowest BCUT2D eigenvalue weighted by Gasteiger charge is -2.32. The molecule has 0 N–H and O–H groups in total. The van der Waals surface area contributed by atoms with Crippen LogP contribution in [0.1, 0.15) is 113 Å². The maximum Gasteiger partial charge on any atom is 0.163 e. The first-order chi connectivity index (χ1) is 14.8. The van der Waals surface area contributed by atoms with Crippen LogP contribution < -0.4 is 0 Å². The van der Waals surface area contributed by atoms with Crippen LogP contribution in [0.5, 0.6) is 0 Å². The molecule has 0 saturated carbocycles. The van der Waals surface area contributed by atoms with Crippen molar-refractivity contribution >= 4 is 17.3 Å². The lowest BCUT2D eigenvalue weighted by molar-refractivity contribution is -0.129. The number of hydrogen-bond acceptors (Lipinski definition) is 3. The van der Waals surface area contributed by atoms with E-state index in [1.54, 1.807) is 0 Å². The Balaban J connectivity index is 2.24. The predicted molar refractivity (Wildman–Crippen MR) is 128 cm³/mol. The number of fused-ring (bicyclic) bond motifs is 1. The summed E-state index contributed by atoms with van der Waals surface area (Å²) in [6.45, 7) is 9.99. The van der Waals surface area contributed by atoms with E-state index in [1.807, 2.05) is 0 Å². The molecule has 0 bridgehead atoms. The second-order valence-corrected chi connectivity index (χ2v) is 9.69. The molecule has 172 valence electrons. The molecule has 1 aliphatic rings. The summed E-state index contributed by atoms with van der Waals surface area (Å²) in [5.74, 6) is 0.804. The molecule has 0 aromatic heterocycles. The first-order valence-electron chi connectivity index (χ1n) is 12.5. The maximum absolute atomic E-state index is 13.1. The largest absolute Gasteiger partial charge is 0.300 e. The van der Waals surface area contributed by atoms with E-state index in [-0.39, 0.29) is 35.6 Å². The van der Waals surface area contributed by atoms with Crippen molar-refractivity contribution in [2.75, 3.05) is 0 Å². The third-order valence-electron chi connectivity index (χ3n) is 7.05. The summed E-state index contributed by atoms with van der Waals surface area (Å²) in [6, 6.07) is 4.35. The van der Waals surface area contributed by atoms with Gasteiger partial charge in [0, 0.05) is 17.9 Å². The molecular formula is C28H42O3. The summed E-state index contributed by atoms with van der Waals surface area (Å²) in [5.41, 5.74) is 4.69. The number of carbonyl (C=O) groups is 3. The Hall–Kier alpha value is -1.77. The molecule has 0 aliphatic heterocycles. The average Bonchev–Trinajstić information content (AvgIpc) is 2.69. The van der Waals surface area contributed by atoms with Gasteiger partial charge in [0.05, 0.1) is 6.42 Å². The summed E-state index contributed by atoms with van der Waals surface area (Å²) in [6.07, 6.45) is 9.89. The van der Waals surface area contributed by atoms with E-state index < -0.39 is 0 Å². The lowest BCUT2D eigenvalue weighted by Crippen LogP contribution is -2.30. The number of unbranched alkanes of at least 4 members (excludes halogenated alkanes) is 2. The molecular weight excluding hydrogens is 384 g/mol. The van der Waals surface area contributed by atoms with Crippen LogP contribution in [0.25, 0.3) is 0 Å². The monoisotopic (exact) mass is 426 g/mol. The van der Waals surface area contributed by atoms with E-state index in [0.29, 0.717) is 12.3 Å². The van der Waals surface area contributed by atoms with Gasteiger partial charge >= 0.3 is 0 Å². The van der Waals surface area contributed by atoms with Crippen molar-refractivity contribution in [3.05, 3.63) is 34.4 Å². The van der Waals surface area contributed by atoms with Gasteiger partial charge in [-0.25, -0.2) is 0 Å². The third kappa shape index (κ3) is 6.85. The Morgan fingerprint density at radius 1 is 1.06 bits per heavy atom. The molecule has 3 unspecified atom stereocenters. The topological polar surface area (TPSA) is 51.2 Å². The van der Waals surface area contributed by atoms with Gasteiger partial charge in [-0.15, -0.1) is 0 Å². The zero-order chi connectivity index (χ0) is 23.0. The molecule has 0 amide bonds. The highest BCUT2D eigenvalue weighted by Crippen LogP contribution is 2.37. The van der Waals surface area contributed by atoms with Crippen LogP contribution in [0.2, 0.25) is 0 Å². The molecule has 0 spiro atoms. The van der Waals surface area contributed by atoms with Crippen molar-refractivity contribution in [1.82, 2.24) is 0 Å². The number of Topliss-reactive ketones (excluding diaryl/α,β-unsaturated/α-hetero) is 3. The molecule has 2 rings (SSSR count). The minimum absolute atomic E-state index is 0.0475. The fraction of sp³-hybridized carbons (Fsp3) is 0.679. The van der Waals surface area contributed by atoms with Crippen LogP contribution in [-0.4, -0.2) is 17.3 Å². The fourth-order valence-electron chi connectivity index (χ4n) is 5.60. The van der Waals surface area contributed by atoms with Gasteiger partial charge in [-0.2, -0.15) is 0 Å². The first-order valence-corrected chi connectivity index (χ1v) is 12.5. The highest BCUT2D eigenvalue weighted by atomic mass is 16.1. The Morgan fingerprint density at radius 2 is 1.81 bits per heavy atom. The molecule has 0 saturated heterocycles. The summed E-state index contributed by atoms with van der Waals surface area (Å²) in [4.78, 5) is 37.4. The van der Waals surface area contributed by atoms with E-state index in [9.17, 15) is 14.4 Å². The molecule has 1 aromatic carbocycles. The van der Waals surface area contributed by atoms with Crippen LogP contribution in [0.15, 0.2) is 12.1 Å². The van der Waals surface area contributed by atoms with Crippen LogP contribution >= 0.6 is 0 Å². The van der Waals surface area contributed by atoms with Crippen molar-refractivity contribution in [2.24, 2.45) is 17.8 Å². The Kier molecular flexibility index (Phi) is 10.1. The second kappa shape index (κ2) is 12.3. The molecule has 1 aromatic rings. The van der Waals surface area contributed by atoms with Crippen molar-refractivity contribution in [2.45, 2.75) is 105 Å². The van der Waals surface area contributed by atoms with Gasteiger partial charge in [-0.05, 0) is 74.5 Å². The molecule has 3 nitrogen and oxygen atoms in total. The summed E-state index contributed by atoms with van der Waals surface area (Å²) in [5, 5.41) is 0. The fourth-order valence-corrected chi connectivity index (χ4v) is 5.60. The molecule has 0 fully saturated rings. The summed E-state index contributed by atoms with van der Waals surface area (Å²) < 4.78 is 0. The van der Waals surface area contributed by atoms with E-state index in [2.05, 4.69) is 39.8 Å². The zero-order valence-corrected chi connectivity index (χ0v) is 20.4. The number of rotatable bonds is 13. The van der Waals surface area contributed by atoms with Crippen LogP contribution in [-0.2, 0) is 22.4 Å². The second-order valence-electron chi connectivity index (χ2n) is 9.69. The van der Waals surface area contributed by atoms with Gasteiger partial charge in [0.2, 0.25) is 0 Å². The molecule has 0 heterocycles. The van der Waals surface area contributed by atoms with Crippen molar-refractivity contribution in [3.63, 3.8) is 0 Å². The first kappa shape index (κ1) is 25.5. The number of benzene rings is 1. The van der Waals surface area contributed by atoms with E-state index in [1.165, 1.54) is 37.3 Å². The highest BCUT2D eigenvalue weighted by molar-refractivity contribution is 6.00. The van der Waals surface area contributed by atoms with Gasteiger partial charge in [0.25, 0.3) is 0 Å². The van der Waals surface area contributed by atoms with Gasteiger partial charge in [0.15, 0.2) is 5.78 Å². The quantitative estimate of drug-likeness (QED) is 0.256. The molecule has 0 radical (unpaired) electrons. The zero-order valence-electron chi connectivity index (χ0n) is 20.4. The summed E-state index contributed by atoms with van der Waals surface area (Å²) in [7, 11) is 0. The van der Waals surface area contributed by atoms with Crippen LogP contribution in [0.4, 0.5) is 0 Å². The third-order valence-corrected chi connectivity index (χ3v) is 7.05. The lowest BCUT2D eigenvalue weighted by atomic mass is 9.71. The molecule has 3 atom stereocenters. The van der Waals surface area contributed by atoms with Crippen molar-refractivity contribution in [1.29, 1.82) is 0 Å². The number of hydrogen-bond donors (Lipinski definition) is 0. The number of carbonyl (C=O) groups excluding carboxylic acids is 3. The molecule has 3 heteroatoms. The van der Waals surface area contributed by atoms with Gasteiger partial charge in [-0.3, -0.25) is 14.4 Å². The maximum atomic E-state index is 13.1. The Labute approximate surface area is 189 Å². The SMILES string of the molecule is CCCCCc1ccc(C)c2c1CC(CC(CCC)C(CC)C(=O)CC(C)=O)CC2=O. The van der Waals surface area contributed by atoms with Gasteiger partial charge < -0.3 is 0 Å². The van der Waals surface area contributed by atoms with Crippen molar-refractivity contribution < 1.29 is 14.4 Å². The molecule has 31 heavy (non-hydrogen) atoms. The highest BCUT2D eigenvalue weighted by Gasteiger charge is 2.33. The predicted octanol–water partition coefficient (Wildman–Crippen LogP) is 6.85. The number of aryl methyl sites for hydroxylation is 2. The Bertz CT molecular complexity index is 777.